The lowest BCUT2D eigenvalue weighted by atomic mass is 10.1. The normalized spacial score (nSPS) is 18.7. The van der Waals surface area contributed by atoms with Crippen molar-refractivity contribution in [1.29, 1.82) is 0 Å². The Morgan fingerprint density at radius 1 is 1.11 bits per heavy atom. The zero-order chi connectivity index (χ0) is 24.5. The Hall–Kier alpha value is -2.63. The number of halogens is 1. The fourth-order valence-electron chi connectivity index (χ4n) is 4.28. The van der Waals surface area contributed by atoms with Gasteiger partial charge in [0.05, 0.1) is 34.8 Å². The molecule has 35 heavy (non-hydrogen) atoms. The number of hydrogen-bond acceptors (Lipinski definition) is 9. The summed E-state index contributed by atoms with van der Waals surface area (Å²) in [5.74, 6) is 1.72. The van der Waals surface area contributed by atoms with Crippen molar-refractivity contribution in [2.45, 2.75) is 31.2 Å². The molecule has 1 unspecified atom stereocenters. The molecule has 1 aromatic carbocycles. The number of nitrogens with zero attached hydrogens (tertiary/aromatic N) is 5. The maximum absolute atomic E-state index is 13.2. The molecule has 0 spiro atoms. The van der Waals surface area contributed by atoms with Gasteiger partial charge in [0.15, 0.2) is 5.13 Å². The van der Waals surface area contributed by atoms with Gasteiger partial charge in [0, 0.05) is 49.3 Å². The van der Waals surface area contributed by atoms with Crippen molar-refractivity contribution in [1.82, 2.24) is 15.0 Å². The van der Waals surface area contributed by atoms with E-state index >= 15 is 0 Å². The number of benzene rings is 1. The first kappa shape index (κ1) is 24.1. The van der Waals surface area contributed by atoms with Crippen LogP contribution in [0.5, 0.6) is 0 Å². The lowest BCUT2D eigenvalue weighted by Gasteiger charge is -2.35. The molecule has 4 heterocycles. The third-order valence-electron chi connectivity index (χ3n) is 6.46. The average Bonchev–Trinajstić information content (AvgIpc) is 3.50. The second kappa shape index (κ2) is 10.2. The molecule has 3 aromatic rings. The minimum atomic E-state index is -1.12. The molecule has 8 nitrogen and oxygen atoms in total. The van der Waals surface area contributed by atoms with Gasteiger partial charge in [-0.2, -0.15) is 4.98 Å². The second-order valence-corrected chi connectivity index (χ2v) is 11.5. The van der Waals surface area contributed by atoms with Crippen LogP contribution >= 0.6 is 11.3 Å². The number of nitrogens with one attached hydrogen (secondary N) is 1. The van der Waals surface area contributed by atoms with Crippen molar-refractivity contribution in [3.8, 4) is 11.3 Å². The highest BCUT2D eigenvalue weighted by Crippen LogP contribution is 2.32. The molecule has 0 saturated carbocycles. The zero-order valence-electron chi connectivity index (χ0n) is 19.8. The molecule has 1 fully saturated rings. The maximum Gasteiger partial charge on any atom is 0.227 e. The topological polar surface area (TPSA) is 94.5 Å². The van der Waals surface area contributed by atoms with Crippen LogP contribution in [0.3, 0.4) is 0 Å². The van der Waals surface area contributed by atoms with Gasteiger partial charge in [-0.15, -0.1) is 11.3 Å². The van der Waals surface area contributed by atoms with Gasteiger partial charge in [0.2, 0.25) is 5.95 Å². The molecular formula is C24H29FN6O2S2. The van der Waals surface area contributed by atoms with Crippen molar-refractivity contribution in [2.75, 3.05) is 53.7 Å². The summed E-state index contributed by atoms with van der Waals surface area (Å²) in [5.41, 5.74) is 2.59. The highest BCUT2D eigenvalue weighted by atomic mass is 32.2. The van der Waals surface area contributed by atoms with Gasteiger partial charge in [-0.1, -0.05) is 13.8 Å². The molecule has 2 N–H and O–H groups in total. The molecule has 2 aliphatic heterocycles. The van der Waals surface area contributed by atoms with Crippen molar-refractivity contribution >= 4 is 39.0 Å². The van der Waals surface area contributed by atoms with E-state index < -0.39 is 10.8 Å². The summed E-state index contributed by atoms with van der Waals surface area (Å²) >= 11 is 1.59. The van der Waals surface area contributed by atoms with E-state index in [0.29, 0.717) is 28.8 Å². The SMILES string of the molecule is CC(C)C(CO)Nc1nc(N2CCN(c3nc(-c4ccc(F)cc4)cs3)CC2)nc2c1[S@](=O)CC2. The Balaban J connectivity index is 1.31. The summed E-state index contributed by atoms with van der Waals surface area (Å²) in [5, 5.41) is 16.1. The van der Waals surface area contributed by atoms with Crippen LogP contribution in [0.25, 0.3) is 11.3 Å². The fraction of sp³-hybridized carbons (Fsp3) is 0.458. The zero-order valence-corrected chi connectivity index (χ0v) is 21.4. The van der Waals surface area contributed by atoms with Gasteiger partial charge in [-0.25, -0.2) is 14.4 Å². The predicted molar refractivity (Wildman–Crippen MR) is 138 cm³/mol. The number of rotatable bonds is 7. The van der Waals surface area contributed by atoms with E-state index in [1.54, 1.807) is 23.5 Å². The summed E-state index contributed by atoms with van der Waals surface area (Å²) in [4.78, 5) is 19.4. The summed E-state index contributed by atoms with van der Waals surface area (Å²) in [6, 6.07) is 6.22. The third-order valence-corrected chi connectivity index (χ3v) is 8.83. The number of fused-ring (bicyclic) bond motifs is 1. The predicted octanol–water partition coefficient (Wildman–Crippen LogP) is 3.16. The first-order valence-corrected chi connectivity index (χ1v) is 14.0. The van der Waals surface area contributed by atoms with Crippen LogP contribution in [0.15, 0.2) is 34.5 Å². The van der Waals surface area contributed by atoms with Gasteiger partial charge < -0.3 is 20.2 Å². The molecule has 0 amide bonds. The van der Waals surface area contributed by atoms with Gasteiger partial charge in [-0.05, 0) is 30.2 Å². The standard InChI is InChI=1S/C24H29FN6O2S2/c1-15(2)19(13-32)26-22-21-18(7-12-35(21)33)27-23(29-22)30-8-10-31(11-9-30)24-28-20(14-34-24)16-3-5-17(25)6-4-16/h3-6,14-15,19,32H,7-13H2,1-2H3,(H,26,27,29)/t19?,35-/m1/s1. The molecule has 2 aromatic heterocycles. The largest absolute Gasteiger partial charge is 0.394 e. The number of anilines is 3. The minimum Gasteiger partial charge on any atom is -0.394 e. The summed E-state index contributed by atoms with van der Waals surface area (Å²) in [7, 11) is -1.12. The van der Waals surface area contributed by atoms with E-state index in [2.05, 4.69) is 15.1 Å². The van der Waals surface area contributed by atoms with Crippen LogP contribution in [-0.4, -0.2) is 68.8 Å². The smallest absolute Gasteiger partial charge is 0.227 e. The Morgan fingerprint density at radius 3 is 2.51 bits per heavy atom. The summed E-state index contributed by atoms with van der Waals surface area (Å²) in [6.07, 6.45) is 0.670. The van der Waals surface area contributed by atoms with E-state index in [1.165, 1.54) is 12.1 Å². The van der Waals surface area contributed by atoms with Crippen molar-refractivity contribution < 1.29 is 13.7 Å². The van der Waals surface area contributed by atoms with Crippen LogP contribution in [0.2, 0.25) is 0 Å². The van der Waals surface area contributed by atoms with E-state index in [1.807, 2.05) is 19.2 Å². The molecule has 0 radical (unpaired) electrons. The Bertz CT molecular complexity index is 1210. The van der Waals surface area contributed by atoms with Crippen LogP contribution in [0.4, 0.5) is 21.3 Å². The number of aromatic nitrogens is 3. The van der Waals surface area contributed by atoms with Crippen LogP contribution in [-0.2, 0) is 17.2 Å². The van der Waals surface area contributed by atoms with Crippen LogP contribution in [0, 0.1) is 11.7 Å². The van der Waals surface area contributed by atoms with Gasteiger partial charge in [0.1, 0.15) is 16.5 Å². The number of aliphatic hydroxyl groups excluding tert-OH is 1. The molecule has 186 valence electrons. The highest BCUT2D eigenvalue weighted by molar-refractivity contribution is 7.85. The number of aryl methyl sites for hydroxylation is 1. The molecular weight excluding hydrogens is 487 g/mol. The second-order valence-electron chi connectivity index (χ2n) is 9.12. The van der Waals surface area contributed by atoms with Gasteiger partial charge in [-0.3, -0.25) is 4.21 Å². The Kier molecular flexibility index (Phi) is 6.99. The number of hydrogen-bond donors (Lipinski definition) is 2. The molecule has 5 rings (SSSR count). The van der Waals surface area contributed by atoms with Gasteiger partial charge in [0.25, 0.3) is 0 Å². The first-order valence-electron chi connectivity index (χ1n) is 11.8. The molecule has 2 atom stereocenters. The molecule has 2 aliphatic rings. The number of piperazine rings is 1. The van der Waals surface area contributed by atoms with Gasteiger partial charge >= 0.3 is 0 Å². The number of thiazole rings is 1. The molecule has 0 aliphatic carbocycles. The molecule has 0 bridgehead atoms. The maximum atomic E-state index is 13.2. The molecule has 1 saturated heterocycles. The monoisotopic (exact) mass is 516 g/mol. The van der Waals surface area contributed by atoms with Crippen LogP contribution in [0.1, 0.15) is 19.5 Å². The molecule has 11 heteroatoms. The van der Waals surface area contributed by atoms with Crippen molar-refractivity contribution in [2.24, 2.45) is 5.92 Å². The quantitative estimate of drug-likeness (QED) is 0.495. The summed E-state index contributed by atoms with van der Waals surface area (Å²) in [6.45, 7) is 7.07. The number of aliphatic hydroxyl groups is 1. The Morgan fingerprint density at radius 2 is 1.83 bits per heavy atom. The van der Waals surface area contributed by atoms with Crippen molar-refractivity contribution in [3.05, 3.63) is 41.2 Å². The average molecular weight is 517 g/mol. The van der Waals surface area contributed by atoms with E-state index in [-0.39, 0.29) is 24.4 Å². The lowest BCUT2D eigenvalue weighted by molar-refractivity contribution is 0.249. The highest BCUT2D eigenvalue weighted by Gasteiger charge is 2.30. The van der Waals surface area contributed by atoms with E-state index in [4.69, 9.17) is 15.0 Å². The van der Waals surface area contributed by atoms with E-state index in [0.717, 1.165) is 48.3 Å². The van der Waals surface area contributed by atoms with E-state index in [9.17, 15) is 13.7 Å². The van der Waals surface area contributed by atoms with Crippen LogP contribution < -0.4 is 15.1 Å². The lowest BCUT2D eigenvalue weighted by Crippen LogP contribution is -2.47. The Labute approximate surface area is 210 Å². The van der Waals surface area contributed by atoms with Crippen molar-refractivity contribution in [3.63, 3.8) is 0 Å². The fourth-order valence-corrected chi connectivity index (χ4v) is 6.48. The third kappa shape index (κ3) is 5.03. The summed E-state index contributed by atoms with van der Waals surface area (Å²) < 4.78 is 25.9. The first-order chi connectivity index (χ1) is 16.9. The minimum absolute atomic E-state index is 0.0230.